The lowest BCUT2D eigenvalue weighted by atomic mass is 9.93. The van der Waals surface area contributed by atoms with Crippen LogP contribution in [0.3, 0.4) is 0 Å². The summed E-state index contributed by atoms with van der Waals surface area (Å²) < 4.78 is 5.19. The summed E-state index contributed by atoms with van der Waals surface area (Å²) in [6.45, 7) is 2.82. The van der Waals surface area contributed by atoms with Crippen molar-refractivity contribution >= 4 is 17.8 Å². The standard InChI is InChI=1S/C20H22N2O2/c1-3-4-19(14-6-9-18(24-2)10-7-14)20(23)22-17-8-5-15-12-21-13-16(15)11-17/h5-11,13,19H,3-4,12H2,1-2H3,(H,22,23). The SMILES string of the molecule is CCCC(C(=O)Nc1ccc2c(c1)C=NC2)c1ccc(OC)cc1. The van der Waals surface area contributed by atoms with Crippen LogP contribution >= 0.6 is 0 Å². The van der Waals surface area contributed by atoms with E-state index < -0.39 is 0 Å². The molecule has 0 bridgehead atoms. The molecule has 1 N–H and O–H groups in total. The van der Waals surface area contributed by atoms with Crippen LogP contribution in [-0.4, -0.2) is 19.2 Å². The number of anilines is 1. The molecular formula is C20H22N2O2. The van der Waals surface area contributed by atoms with Crippen molar-refractivity contribution < 1.29 is 9.53 Å². The van der Waals surface area contributed by atoms with E-state index in [-0.39, 0.29) is 11.8 Å². The summed E-state index contributed by atoms with van der Waals surface area (Å²) in [6, 6.07) is 13.7. The van der Waals surface area contributed by atoms with Gasteiger partial charge in [-0.1, -0.05) is 31.5 Å². The minimum absolute atomic E-state index is 0.0249. The molecule has 24 heavy (non-hydrogen) atoms. The number of aliphatic imine (C=N–C) groups is 1. The lowest BCUT2D eigenvalue weighted by molar-refractivity contribution is -0.117. The van der Waals surface area contributed by atoms with Gasteiger partial charge in [0.2, 0.25) is 5.91 Å². The van der Waals surface area contributed by atoms with E-state index in [1.54, 1.807) is 7.11 Å². The molecule has 0 saturated carbocycles. The number of ether oxygens (including phenoxy) is 1. The summed E-state index contributed by atoms with van der Waals surface area (Å²) in [5, 5.41) is 3.05. The Morgan fingerprint density at radius 3 is 2.75 bits per heavy atom. The highest BCUT2D eigenvalue weighted by atomic mass is 16.5. The van der Waals surface area contributed by atoms with Gasteiger partial charge in [-0.25, -0.2) is 0 Å². The first-order chi connectivity index (χ1) is 11.7. The Morgan fingerprint density at radius 1 is 1.25 bits per heavy atom. The minimum atomic E-state index is -0.164. The largest absolute Gasteiger partial charge is 0.497 e. The highest BCUT2D eigenvalue weighted by Gasteiger charge is 2.20. The number of benzene rings is 2. The summed E-state index contributed by atoms with van der Waals surface area (Å²) in [5.74, 6) is 0.659. The molecule has 0 spiro atoms. The average Bonchev–Trinajstić information content (AvgIpc) is 3.07. The van der Waals surface area contributed by atoms with Gasteiger partial charge in [-0.2, -0.15) is 0 Å². The first kappa shape index (κ1) is 16.2. The molecule has 1 heterocycles. The summed E-state index contributed by atoms with van der Waals surface area (Å²) in [6.07, 6.45) is 3.61. The number of carbonyl (C=O) groups excluding carboxylic acids is 1. The molecule has 2 aromatic carbocycles. The Labute approximate surface area is 142 Å². The Balaban J connectivity index is 1.77. The zero-order valence-corrected chi connectivity index (χ0v) is 14.1. The smallest absolute Gasteiger partial charge is 0.231 e. The van der Waals surface area contributed by atoms with Crippen molar-refractivity contribution in [3.63, 3.8) is 0 Å². The van der Waals surface area contributed by atoms with Crippen LogP contribution in [0.1, 0.15) is 42.4 Å². The number of hydrogen-bond acceptors (Lipinski definition) is 3. The molecule has 0 radical (unpaired) electrons. The molecule has 1 aliphatic heterocycles. The number of carbonyl (C=O) groups is 1. The molecule has 0 aromatic heterocycles. The van der Waals surface area contributed by atoms with Crippen molar-refractivity contribution in [2.45, 2.75) is 32.2 Å². The van der Waals surface area contributed by atoms with E-state index in [1.165, 1.54) is 5.56 Å². The fourth-order valence-electron chi connectivity index (χ4n) is 2.98. The van der Waals surface area contributed by atoms with E-state index in [0.717, 1.165) is 42.0 Å². The zero-order chi connectivity index (χ0) is 16.9. The van der Waals surface area contributed by atoms with Gasteiger partial charge < -0.3 is 10.1 Å². The molecule has 1 aliphatic rings. The number of nitrogens with zero attached hydrogens (tertiary/aromatic N) is 1. The maximum atomic E-state index is 12.8. The lowest BCUT2D eigenvalue weighted by Gasteiger charge is -2.17. The van der Waals surface area contributed by atoms with Gasteiger partial charge in [0, 0.05) is 11.9 Å². The van der Waals surface area contributed by atoms with Crippen molar-refractivity contribution in [2.24, 2.45) is 4.99 Å². The molecule has 2 aromatic rings. The van der Waals surface area contributed by atoms with Crippen LogP contribution < -0.4 is 10.1 Å². The van der Waals surface area contributed by atoms with E-state index in [1.807, 2.05) is 48.7 Å². The van der Waals surface area contributed by atoms with Gasteiger partial charge in [0.1, 0.15) is 5.75 Å². The molecular weight excluding hydrogens is 300 g/mol. The second-order valence-electron chi connectivity index (χ2n) is 5.99. The number of nitrogens with one attached hydrogen (secondary N) is 1. The van der Waals surface area contributed by atoms with E-state index >= 15 is 0 Å². The lowest BCUT2D eigenvalue weighted by Crippen LogP contribution is -2.21. The van der Waals surface area contributed by atoms with Crippen molar-refractivity contribution in [1.29, 1.82) is 0 Å². The topological polar surface area (TPSA) is 50.7 Å². The third-order valence-electron chi connectivity index (χ3n) is 4.32. The van der Waals surface area contributed by atoms with E-state index in [0.29, 0.717) is 0 Å². The molecule has 1 unspecified atom stereocenters. The van der Waals surface area contributed by atoms with Gasteiger partial charge in [-0.3, -0.25) is 9.79 Å². The molecule has 3 rings (SSSR count). The Kier molecular flexibility index (Phi) is 4.94. The van der Waals surface area contributed by atoms with Crippen molar-refractivity contribution in [2.75, 3.05) is 12.4 Å². The predicted octanol–water partition coefficient (Wildman–Crippen LogP) is 4.15. The zero-order valence-electron chi connectivity index (χ0n) is 14.1. The number of methoxy groups -OCH3 is 1. The van der Waals surface area contributed by atoms with Gasteiger partial charge >= 0.3 is 0 Å². The molecule has 4 heteroatoms. The van der Waals surface area contributed by atoms with Crippen molar-refractivity contribution in [1.82, 2.24) is 0 Å². The summed E-state index contributed by atoms with van der Waals surface area (Å²) in [5.41, 5.74) is 4.12. The normalized spacial score (nSPS) is 13.4. The van der Waals surface area contributed by atoms with Crippen LogP contribution in [0.2, 0.25) is 0 Å². The molecule has 0 aliphatic carbocycles. The maximum absolute atomic E-state index is 12.8. The Hall–Kier alpha value is -2.62. The number of hydrogen-bond donors (Lipinski definition) is 1. The monoisotopic (exact) mass is 322 g/mol. The molecule has 1 atom stereocenters. The second kappa shape index (κ2) is 7.30. The molecule has 0 saturated heterocycles. The van der Waals surface area contributed by atoms with Crippen LogP contribution in [0.4, 0.5) is 5.69 Å². The Bertz CT molecular complexity index is 751. The summed E-state index contributed by atoms with van der Waals surface area (Å²) >= 11 is 0. The van der Waals surface area contributed by atoms with E-state index in [2.05, 4.69) is 17.2 Å². The van der Waals surface area contributed by atoms with Gasteiger partial charge in [-0.15, -0.1) is 0 Å². The van der Waals surface area contributed by atoms with Crippen LogP contribution in [0.25, 0.3) is 0 Å². The van der Waals surface area contributed by atoms with Gasteiger partial charge in [0.25, 0.3) is 0 Å². The molecule has 124 valence electrons. The maximum Gasteiger partial charge on any atom is 0.231 e. The van der Waals surface area contributed by atoms with Crippen LogP contribution in [0.15, 0.2) is 47.5 Å². The third kappa shape index (κ3) is 3.48. The number of rotatable bonds is 6. The summed E-state index contributed by atoms with van der Waals surface area (Å²) in [7, 11) is 1.64. The third-order valence-corrected chi connectivity index (χ3v) is 4.32. The van der Waals surface area contributed by atoms with Gasteiger partial charge in [0.15, 0.2) is 0 Å². The first-order valence-corrected chi connectivity index (χ1v) is 8.29. The van der Waals surface area contributed by atoms with E-state index in [4.69, 9.17) is 4.74 Å². The molecule has 4 nitrogen and oxygen atoms in total. The second-order valence-corrected chi connectivity index (χ2v) is 5.99. The van der Waals surface area contributed by atoms with Crippen LogP contribution in [0, 0.1) is 0 Å². The highest BCUT2D eigenvalue weighted by molar-refractivity contribution is 5.97. The van der Waals surface area contributed by atoms with Crippen molar-refractivity contribution in [3.8, 4) is 5.75 Å². The van der Waals surface area contributed by atoms with Crippen LogP contribution in [-0.2, 0) is 11.3 Å². The quantitative estimate of drug-likeness (QED) is 0.868. The van der Waals surface area contributed by atoms with Crippen molar-refractivity contribution in [3.05, 3.63) is 59.2 Å². The first-order valence-electron chi connectivity index (χ1n) is 8.29. The Morgan fingerprint density at radius 2 is 2.04 bits per heavy atom. The molecule has 1 amide bonds. The molecule has 0 fully saturated rings. The highest BCUT2D eigenvalue weighted by Crippen LogP contribution is 2.26. The van der Waals surface area contributed by atoms with E-state index in [9.17, 15) is 4.79 Å². The number of amides is 1. The fourth-order valence-corrected chi connectivity index (χ4v) is 2.98. The van der Waals surface area contributed by atoms with Gasteiger partial charge in [-0.05, 0) is 47.4 Å². The fraction of sp³-hybridized carbons (Fsp3) is 0.300. The summed E-state index contributed by atoms with van der Waals surface area (Å²) in [4.78, 5) is 17.0. The minimum Gasteiger partial charge on any atom is -0.497 e. The van der Waals surface area contributed by atoms with Crippen LogP contribution in [0.5, 0.6) is 5.75 Å². The average molecular weight is 322 g/mol. The predicted molar refractivity (Wildman–Crippen MR) is 97.0 cm³/mol. The van der Waals surface area contributed by atoms with Gasteiger partial charge in [0.05, 0.1) is 19.6 Å². The number of fused-ring (bicyclic) bond motifs is 1.